The minimum Gasteiger partial charge on any atom is -0.493 e. The molecule has 26 heavy (non-hydrogen) atoms. The first-order valence-electron chi connectivity index (χ1n) is 7.99. The summed E-state index contributed by atoms with van der Waals surface area (Å²) in [6.07, 6.45) is 1.66. The normalized spacial score (nSPS) is 10.5. The molecular weight excluding hydrogens is 350 g/mol. The molecule has 0 unspecified atom stereocenters. The van der Waals surface area contributed by atoms with Crippen LogP contribution in [0.1, 0.15) is 11.1 Å². The molecule has 0 spiro atoms. The van der Waals surface area contributed by atoms with Crippen molar-refractivity contribution in [1.29, 1.82) is 0 Å². The van der Waals surface area contributed by atoms with Crippen LogP contribution in [-0.2, 0) is 6.54 Å². The number of benzene rings is 2. The molecule has 2 rings (SSSR count). The van der Waals surface area contributed by atoms with E-state index in [-0.39, 0.29) is 0 Å². The van der Waals surface area contributed by atoms with Gasteiger partial charge in [-0.3, -0.25) is 0 Å². The Morgan fingerprint density at radius 2 is 1.73 bits per heavy atom. The summed E-state index contributed by atoms with van der Waals surface area (Å²) in [7, 11) is 6.50. The van der Waals surface area contributed by atoms with Crippen LogP contribution in [0.4, 0.5) is 0 Å². The molecule has 2 aromatic carbocycles. The van der Waals surface area contributed by atoms with Gasteiger partial charge in [-0.1, -0.05) is 30.3 Å². The van der Waals surface area contributed by atoms with Crippen molar-refractivity contribution in [2.45, 2.75) is 6.54 Å². The van der Waals surface area contributed by atoms with E-state index in [1.54, 1.807) is 45.7 Å². The van der Waals surface area contributed by atoms with E-state index < -0.39 is 0 Å². The molecule has 0 fully saturated rings. The Morgan fingerprint density at radius 1 is 1.04 bits per heavy atom. The first kappa shape index (κ1) is 19.5. The van der Waals surface area contributed by atoms with Crippen LogP contribution in [0.3, 0.4) is 0 Å². The second-order valence-corrected chi connectivity index (χ2v) is 5.72. The average Bonchev–Trinajstić information content (AvgIpc) is 2.69. The second kappa shape index (κ2) is 9.62. The minimum absolute atomic E-state index is 0.518. The first-order chi connectivity index (χ1) is 12.6. The topological polar surface area (TPSA) is 55.3 Å². The lowest BCUT2D eigenvalue weighted by Crippen LogP contribution is -2.33. The molecule has 0 atom stereocenters. The third kappa shape index (κ3) is 4.86. The van der Waals surface area contributed by atoms with Gasteiger partial charge in [0.05, 0.1) is 27.5 Å². The molecule has 0 aliphatic heterocycles. The molecule has 0 bridgehead atoms. The van der Waals surface area contributed by atoms with E-state index in [0.29, 0.717) is 28.9 Å². The number of nitrogens with one attached hydrogen (secondary N) is 1. The highest BCUT2D eigenvalue weighted by Gasteiger charge is 2.14. The van der Waals surface area contributed by atoms with E-state index in [2.05, 4.69) is 10.4 Å². The molecule has 0 saturated heterocycles. The molecule has 2 aromatic rings. The van der Waals surface area contributed by atoms with Crippen LogP contribution in [-0.4, -0.2) is 44.7 Å². The number of hydrogen-bond donors (Lipinski definition) is 1. The minimum atomic E-state index is 0.518. The Bertz CT molecular complexity index is 766. The first-order valence-corrected chi connectivity index (χ1v) is 8.40. The van der Waals surface area contributed by atoms with Crippen LogP contribution >= 0.6 is 12.2 Å². The zero-order chi connectivity index (χ0) is 18.9. The summed E-state index contributed by atoms with van der Waals surface area (Å²) in [5.74, 6) is 1.66. The molecular formula is C19H23N3O3S. The van der Waals surface area contributed by atoms with Gasteiger partial charge in [-0.2, -0.15) is 5.10 Å². The van der Waals surface area contributed by atoms with E-state index in [1.165, 1.54) is 0 Å². The van der Waals surface area contributed by atoms with Crippen LogP contribution in [0, 0.1) is 0 Å². The zero-order valence-electron chi connectivity index (χ0n) is 15.4. The monoisotopic (exact) mass is 373 g/mol. The number of hydrazone groups is 1. The molecule has 1 N–H and O–H groups in total. The van der Waals surface area contributed by atoms with Gasteiger partial charge in [-0.15, -0.1) is 0 Å². The average molecular weight is 373 g/mol. The number of methoxy groups -OCH3 is 3. The Kier molecular flexibility index (Phi) is 7.23. The lowest BCUT2D eigenvalue weighted by atomic mass is 10.2. The number of thiocarbonyl (C=S) groups is 1. The van der Waals surface area contributed by atoms with Crippen molar-refractivity contribution >= 4 is 23.5 Å². The van der Waals surface area contributed by atoms with Crippen molar-refractivity contribution in [3.8, 4) is 17.2 Å². The van der Waals surface area contributed by atoms with Gasteiger partial charge >= 0.3 is 0 Å². The van der Waals surface area contributed by atoms with Gasteiger partial charge in [0.25, 0.3) is 0 Å². The Hall–Kier alpha value is -2.80. The molecule has 138 valence electrons. The lowest BCUT2D eigenvalue weighted by molar-refractivity contribution is 0.324. The fraction of sp³-hybridized carbons (Fsp3) is 0.263. The summed E-state index contributed by atoms with van der Waals surface area (Å²) < 4.78 is 16.1. The standard InChI is InChI=1S/C19H23N3O3S/c1-22(19(26)20-12-14-8-6-5-7-9-14)21-13-15-10-11-16(23-2)18(25-4)17(15)24-3/h5-11,13H,12H2,1-4H3,(H,20,26)/b21-13-. The Labute approximate surface area is 159 Å². The third-order valence-electron chi connectivity index (χ3n) is 3.69. The number of nitrogens with zero attached hydrogens (tertiary/aromatic N) is 2. The predicted octanol–water partition coefficient (Wildman–Crippen LogP) is 3.05. The fourth-order valence-electron chi connectivity index (χ4n) is 2.32. The van der Waals surface area contributed by atoms with Crippen molar-refractivity contribution < 1.29 is 14.2 Å². The number of hydrogen-bond acceptors (Lipinski definition) is 5. The lowest BCUT2D eigenvalue weighted by Gasteiger charge is -2.17. The van der Waals surface area contributed by atoms with Gasteiger partial charge in [0.2, 0.25) is 5.75 Å². The third-order valence-corrected chi connectivity index (χ3v) is 4.09. The van der Waals surface area contributed by atoms with Crippen LogP contribution in [0.2, 0.25) is 0 Å². The van der Waals surface area contributed by atoms with E-state index in [0.717, 1.165) is 11.1 Å². The molecule has 0 saturated carbocycles. The highest BCUT2D eigenvalue weighted by molar-refractivity contribution is 7.80. The van der Waals surface area contributed by atoms with Crippen LogP contribution in [0.15, 0.2) is 47.6 Å². The molecule has 0 aromatic heterocycles. The maximum Gasteiger partial charge on any atom is 0.203 e. The molecule has 7 heteroatoms. The van der Waals surface area contributed by atoms with E-state index in [1.807, 2.05) is 36.4 Å². The SMILES string of the molecule is COc1ccc(/C=N\N(C)C(=S)NCc2ccccc2)c(OC)c1OC. The summed E-state index contributed by atoms with van der Waals surface area (Å²) >= 11 is 5.37. The van der Waals surface area contributed by atoms with Crippen LogP contribution < -0.4 is 19.5 Å². The van der Waals surface area contributed by atoms with E-state index in [9.17, 15) is 0 Å². The summed E-state index contributed by atoms with van der Waals surface area (Å²) in [5, 5.41) is 9.66. The quantitative estimate of drug-likeness (QED) is 0.457. The highest BCUT2D eigenvalue weighted by atomic mass is 32.1. The molecule has 0 amide bonds. The fourth-order valence-corrected chi connectivity index (χ4v) is 2.43. The summed E-state index contributed by atoms with van der Waals surface area (Å²) in [5.41, 5.74) is 1.90. The van der Waals surface area contributed by atoms with Crippen LogP contribution in [0.25, 0.3) is 0 Å². The van der Waals surface area contributed by atoms with Crippen molar-refractivity contribution in [2.24, 2.45) is 5.10 Å². The molecule has 0 radical (unpaired) electrons. The molecule has 0 aliphatic carbocycles. The largest absolute Gasteiger partial charge is 0.493 e. The molecule has 6 nitrogen and oxygen atoms in total. The Morgan fingerprint density at radius 3 is 2.35 bits per heavy atom. The van der Waals surface area contributed by atoms with Gasteiger partial charge < -0.3 is 19.5 Å². The van der Waals surface area contributed by atoms with Gasteiger partial charge in [-0.05, 0) is 29.9 Å². The zero-order valence-corrected chi connectivity index (χ0v) is 16.2. The maximum atomic E-state index is 5.44. The summed E-state index contributed by atoms with van der Waals surface area (Å²) in [6.45, 7) is 0.638. The number of rotatable bonds is 7. The van der Waals surface area contributed by atoms with E-state index in [4.69, 9.17) is 26.4 Å². The molecule has 0 heterocycles. The van der Waals surface area contributed by atoms with Gasteiger partial charge in [0.1, 0.15) is 0 Å². The smallest absolute Gasteiger partial charge is 0.203 e. The van der Waals surface area contributed by atoms with Gasteiger partial charge in [0.15, 0.2) is 16.6 Å². The van der Waals surface area contributed by atoms with Crippen molar-refractivity contribution in [3.05, 3.63) is 53.6 Å². The highest BCUT2D eigenvalue weighted by Crippen LogP contribution is 2.38. The second-order valence-electron chi connectivity index (χ2n) is 5.34. The van der Waals surface area contributed by atoms with Crippen molar-refractivity contribution in [3.63, 3.8) is 0 Å². The maximum absolute atomic E-state index is 5.44. The predicted molar refractivity (Wildman–Crippen MR) is 107 cm³/mol. The number of ether oxygens (including phenoxy) is 3. The van der Waals surface area contributed by atoms with Gasteiger partial charge in [0, 0.05) is 19.2 Å². The van der Waals surface area contributed by atoms with Gasteiger partial charge in [-0.25, -0.2) is 5.01 Å². The molecule has 0 aliphatic rings. The Balaban J connectivity index is 2.07. The van der Waals surface area contributed by atoms with Crippen LogP contribution in [0.5, 0.6) is 17.2 Å². The van der Waals surface area contributed by atoms with E-state index >= 15 is 0 Å². The summed E-state index contributed by atoms with van der Waals surface area (Å²) in [6, 6.07) is 13.7. The van der Waals surface area contributed by atoms with Crippen molar-refractivity contribution in [2.75, 3.05) is 28.4 Å². The summed E-state index contributed by atoms with van der Waals surface area (Å²) in [4.78, 5) is 0. The van der Waals surface area contributed by atoms with Crippen molar-refractivity contribution in [1.82, 2.24) is 10.3 Å².